The van der Waals surface area contributed by atoms with Crippen LogP contribution in [-0.2, 0) is 6.42 Å². The first kappa shape index (κ1) is 18.3. The summed E-state index contributed by atoms with van der Waals surface area (Å²) in [5, 5.41) is 0. The van der Waals surface area contributed by atoms with Gasteiger partial charge < -0.3 is 20.1 Å². The van der Waals surface area contributed by atoms with E-state index in [4.69, 9.17) is 15.2 Å². The molecule has 0 saturated carbocycles. The lowest BCUT2D eigenvalue weighted by molar-refractivity contribution is 0.0796. The minimum absolute atomic E-state index is 0.114. The van der Waals surface area contributed by atoms with Gasteiger partial charge in [0.1, 0.15) is 0 Å². The molecule has 0 spiro atoms. The average Bonchev–Trinajstić information content (AvgIpc) is 2.65. The summed E-state index contributed by atoms with van der Waals surface area (Å²) in [6, 6.07) is 12.0. The number of ether oxygens (including phenoxy) is 2. The fourth-order valence-corrected chi connectivity index (χ4v) is 2.43. The van der Waals surface area contributed by atoms with Gasteiger partial charge in [-0.05, 0) is 48.4 Å². The van der Waals surface area contributed by atoms with E-state index in [0.717, 1.165) is 5.56 Å². The Morgan fingerprint density at radius 1 is 0.960 bits per heavy atom. The molecule has 0 fully saturated rings. The molecule has 6 heteroatoms. The van der Waals surface area contributed by atoms with Gasteiger partial charge in [-0.25, -0.2) is 0 Å². The third-order valence-electron chi connectivity index (χ3n) is 3.95. The number of nitrogens with two attached hydrogens (primary N) is 1. The first-order chi connectivity index (χ1) is 12.0. The van der Waals surface area contributed by atoms with Crippen molar-refractivity contribution in [1.82, 2.24) is 4.90 Å². The van der Waals surface area contributed by atoms with Gasteiger partial charge in [-0.1, -0.05) is 6.07 Å². The maximum absolute atomic E-state index is 12.4. The Labute approximate surface area is 147 Å². The van der Waals surface area contributed by atoms with Crippen LogP contribution in [0.2, 0.25) is 0 Å². The number of primary amides is 1. The zero-order chi connectivity index (χ0) is 18.4. The quantitative estimate of drug-likeness (QED) is 0.835. The van der Waals surface area contributed by atoms with E-state index < -0.39 is 5.91 Å². The third kappa shape index (κ3) is 4.50. The van der Waals surface area contributed by atoms with Crippen molar-refractivity contribution in [1.29, 1.82) is 0 Å². The van der Waals surface area contributed by atoms with Crippen LogP contribution in [0.1, 0.15) is 26.3 Å². The second kappa shape index (κ2) is 8.19. The number of likely N-dealkylation sites (N-methyl/N-ethyl adjacent to an activating group) is 1. The number of hydrogen-bond acceptors (Lipinski definition) is 4. The molecule has 0 atom stereocenters. The van der Waals surface area contributed by atoms with Gasteiger partial charge in [0, 0.05) is 24.7 Å². The lowest BCUT2D eigenvalue weighted by Gasteiger charge is -2.18. The standard InChI is InChI=1S/C19H22N2O4/c1-21(19(23)15-7-5-14(6-8-15)18(20)22)11-10-13-4-9-16(24-2)17(12-13)25-3/h4-9,12H,10-11H2,1-3H3,(H2,20,22). The van der Waals surface area contributed by atoms with Gasteiger partial charge in [0.15, 0.2) is 11.5 Å². The molecule has 0 aliphatic heterocycles. The summed E-state index contributed by atoms with van der Waals surface area (Å²) < 4.78 is 10.5. The Hall–Kier alpha value is -3.02. The molecular weight excluding hydrogens is 320 g/mol. The SMILES string of the molecule is COc1ccc(CCN(C)C(=O)c2ccc(C(N)=O)cc2)cc1OC. The molecule has 0 saturated heterocycles. The Kier molecular flexibility index (Phi) is 6.00. The van der Waals surface area contributed by atoms with E-state index in [1.54, 1.807) is 50.4 Å². The summed E-state index contributed by atoms with van der Waals surface area (Å²) in [5.41, 5.74) is 7.14. The molecule has 0 unspecified atom stereocenters. The molecule has 0 aliphatic rings. The van der Waals surface area contributed by atoms with Gasteiger partial charge in [-0.2, -0.15) is 0 Å². The van der Waals surface area contributed by atoms with Gasteiger partial charge in [-0.3, -0.25) is 9.59 Å². The topological polar surface area (TPSA) is 81.9 Å². The highest BCUT2D eigenvalue weighted by Gasteiger charge is 2.13. The number of carbonyl (C=O) groups excluding carboxylic acids is 2. The fourth-order valence-electron chi connectivity index (χ4n) is 2.43. The monoisotopic (exact) mass is 342 g/mol. The summed E-state index contributed by atoms with van der Waals surface area (Å²) in [5.74, 6) is 0.707. The molecule has 6 nitrogen and oxygen atoms in total. The Morgan fingerprint density at radius 3 is 2.12 bits per heavy atom. The molecule has 2 N–H and O–H groups in total. The van der Waals surface area contributed by atoms with Crippen LogP contribution in [0.5, 0.6) is 11.5 Å². The average molecular weight is 342 g/mol. The molecule has 0 aromatic heterocycles. The molecule has 132 valence electrons. The Balaban J connectivity index is 2.00. The fraction of sp³-hybridized carbons (Fsp3) is 0.263. The van der Waals surface area contributed by atoms with Crippen LogP contribution in [0.3, 0.4) is 0 Å². The number of methoxy groups -OCH3 is 2. The van der Waals surface area contributed by atoms with Crippen LogP contribution < -0.4 is 15.2 Å². The lowest BCUT2D eigenvalue weighted by Crippen LogP contribution is -2.28. The predicted molar refractivity (Wildman–Crippen MR) is 95.2 cm³/mol. The largest absolute Gasteiger partial charge is 0.493 e. The van der Waals surface area contributed by atoms with Crippen molar-refractivity contribution in [3.63, 3.8) is 0 Å². The van der Waals surface area contributed by atoms with Crippen molar-refractivity contribution >= 4 is 11.8 Å². The number of carbonyl (C=O) groups is 2. The number of rotatable bonds is 7. The van der Waals surface area contributed by atoms with Crippen molar-refractivity contribution in [2.75, 3.05) is 27.8 Å². The van der Waals surface area contributed by atoms with Crippen molar-refractivity contribution in [3.8, 4) is 11.5 Å². The first-order valence-electron chi connectivity index (χ1n) is 7.82. The number of nitrogens with zero attached hydrogens (tertiary/aromatic N) is 1. The van der Waals surface area contributed by atoms with Gasteiger partial charge in [-0.15, -0.1) is 0 Å². The zero-order valence-electron chi connectivity index (χ0n) is 14.6. The Bertz CT molecular complexity index is 757. The molecule has 2 aromatic rings. The molecule has 0 aliphatic carbocycles. The molecule has 0 bridgehead atoms. The maximum atomic E-state index is 12.4. The van der Waals surface area contributed by atoms with Crippen LogP contribution in [0.15, 0.2) is 42.5 Å². The molecule has 2 amide bonds. The van der Waals surface area contributed by atoms with Crippen molar-refractivity contribution in [2.24, 2.45) is 5.73 Å². The van der Waals surface area contributed by atoms with E-state index in [1.165, 1.54) is 0 Å². The van der Waals surface area contributed by atoms with E-state index in [2.05, 4.69) is 0 Å². The molecule has 0 heterocycles. The number of benzene rings is 2. The normalized spacial score (nSPS) is 10.2. The summed E-state index contributed by atoms with van der Waals surface area (Å²) in [7, 11) is 4.92. The van der Waals surface area contributed by atoms with Crippen LogP contribution in [0, 0.1) is 0 Å². The summed E-state index contributed by atoms with van der Waals surface area (Å²) >= 11 is 0. The molecular formula is C19H22N2O4. The summed E-state index contributed by atoms with van der Waals surface area (Å²) in [6.45, 7) is 0.548. The smallest absolute Gasteiger partial charge is 0.253 e. The first-order valence-corrected chi connectivity index (χ1v) is 7.82. The molecule has 25 heavy (non-hydrogen) atoms. The van der Waals surface area contributed by atoms with E-state index in [-0.39, 0.29) is 5.91 Å². The highest BCUT2D eigenvalue weighted by molar-refractivity contribution is 5.97. The van der Waals surface area contributed by atoms with Crippen LogP contribution in [0.4, 0.5) is 0 Å². The summed E-state index contributed by atoms with van der Waals surface area (Å²) in [6.07, 6.45) is 0.683. The van der Waals surface area contributed by atoms with Crippen molar-refractivity contribution in [3.05, 3.63) is 59.2 Å². The van der Waals surface area contributed by atoms with Gasteiger partial charge in [0.05, 0.1) is 14.2 Å². The minimum atomic E-state index is -0.513. The number of amides is 2. The van der Waals surface area contributed by atoms with E-state index in [0.29, 0.717) is 35.6 Å². The lowest BCUT2D eigenvalue weighted by atomic mass is 10.1. The minimum Gasteiger partial charge on any atom is -0.493 e. The zero-order valence-corrected chi connectivity index (χ0v) is 14.6. The van der Waals surface area contributed by atoms with Crippen LogP contribution >= 0.6 is 0 Å². The molecule has 0 radical (unpaired) electrons. The highest BCUT2D eigenvalue weighted by Crippen LogP contribution is 2.27. The van der Waals surface area contributed by atoms with Crippen LogP contribution in [0.25, 0.3) is 0 Å². The molecule has 2 aromatic carbocycles. The van der Waals surface area contributed by atoms with E-state index >= 15 is 0 Å². The Morgan fingerprint density at radius 2 is 1.56 bits per heavy atom. The van der Waals surface area contributed by atoms with Gasteiger partial charge >= 0.3 is 0 Å². The van der Waals surface area contributed by atoms with Crippen molar-refractivity contribution < 1.29 is 19.1 Å². The second-order valence-corrected chi connectivity index (χ2v) is 5.61. The van der Waals surface area contributed by atoms with Crippen molar-refractivity contribution in [2.45, 2.75) is 6.42 Å². The third-order valence-corrected chi connectivity index (χ3v) is 3.95. The van der Waals surface area contributed by atoms with Crippen LogP contribution in [-0.4, -0.2) is 44.5 Å². The van der Waals surface area contributed by atoms with E-state index in [1.807, 2.05) is 18.2 Å². The number of hydrogen-bond donors (Lipinski definition) is 1. The van der Waals surface area contributed by atoms with E-state index in [9.17, 15) is 9.59 Å². The van der Waals surface area contributed by atoms with Gasteiger partial charge in [0.25, 0.3) is 5.91 Å². The molecule has 2 rings (SSSR count). The van der Waals surface area contributed by atoms with Gasteiger partial charge in [0.2, 0.25) is 5.91 Å². The predicted octanol–water partition coefficient (Wildman–Crippen LogP) is 2.12. The maximum Gasteiger partial charge on any atom is 0.253 e. The highest BCUT2D eigenvalue weighted by atomic mass is 16.5. The second-order valence-electron chi connectivity index (χ2n) is 5.61. The summed E-state index contributed by atoms with van der Waals surface area (Å²) in [4.78, 5) is 25.2.